The normalized spacial score (nSPS) is 10.1. The minimum Gasteiger partial charge on any atom is -0.357 e. The molecule has 1 aromatic rings. The molecule has 0 aromatic heterocycles. The topological polar surface area (TPSA) is 105 Å². The summed E-state index contributed by atoms with van der Waals surface area (Å²) in [5, 5.41) is 11.3. The van der Waals surface area contributed by atoms with Crippen LogP contribution in [0.2, 0.25) is 0 Å². The lowest BCUT2D eigenvalue weighted by Gasteiger charge is -2.25. The van der Waals surface area contributed by atoms with Crippen LogP contribution >= 0.6 is 0 Å². The lowest BCUT2D eigenvalue weighted by molar-refractivity contribution is -0.383. The van der Waals surface area contributed by atoms with Gasteiger partial charge in [0, 0.05) is 20.6 Å². The quantitative estimate of drug-likeness (QED) is 0.444. The summed E-state index contributed by atoms with van der Waals surface area (Å²) >= 11 is 0. The van der Waals surface area contributed by atoms with Crippen LogP contribution in [0.1, 0.15) is 13.3 Å². The van der Waals surface area contributed by atoms with Crippen molar-refractivity contribution in [2.75, 3.05) is 37.5 Å². The zero-order chi connectivity index (χ0) is 16.0. The highest BCUT2D eigenvalue weighted by atomic mass is 16.6. The average Bonchev–Trinajstić information content (AvgIpc) is 2.45. The number of nitrogens with zero attached hydrogens (tertiary/aromatic N) is 3. The Balaban J connectivity index is 3.24. The van der Waals surface area contributed by atoms with Crippen LogP contribution in [0.15, 0.2) is 18.2 Å². The molecule has 0 radical (unpaired) electrons. The molecule has 8 heteroatoms. The number of nitrogens with two attached hydrogens (primary N) is 1. The van der Waals surface area contributed by atoms with Crippen molar-refractivity contribution in [2.24, 2.45) is 5.84 Å². The second kappa shape index (κ2) is 7.44. The fraction of sp³-hybridized carbons (Fsp3) is 0.462. The van der Waals surface area contributed by atoms with Crippen molar-refractivity contribution in [1.82, 2.24) is 4.90 Å². The van der Waals surface area contributed by atoms with Gasteiger partial charge in [-0.2, -0.15) is 0 Å². The lowest BCUT2D eigenvalue weighted by Crippen LogP contribution is -2.37. The van der Waals surface area contributed by atoms with Gasteiger partial charge in [0.1, 0.15) is 11.4 Å². The van der Waals surface area contributed by atoms with E-state index >= 15 is 0 Å². The maximum absolute atomic E-state index is 11.9. The number of nitrogen functional groups attached to an aromatic ring is 1. The van der Waals surface area contributed by atoms with Crippen molar-refractivity contribution in [3.8, 4) is 0 Å². The Morgan fingerprint density at radius 3 is 2.57 bits per heavy atom. The Morgan fingerprint density at radius 1 is 1.43 bits per heavy atom. The van der Waals surface area contributed by atoms with Crippen LogP contribution in [0.25, 0.3) is 0 Å². The van der Waals surface area contributed by atoms with E-state index in [-0.39, 0.29) is 23.8 Å². The van der Waals surface area contributed by atoms with Crippen molar-refractivity contribution < 1.29 is 9.72 Å². The minimum absolute atomic E-state index is 0.0791. The van der Waals surface area contributed by atoms with E-state index in [0.29, 0.717) is 12.2 Å². The number of benzene rings is 1. The SMILES string of the molecule is CCCN(CC(=O)N(C)C)c1cccc(NN)c1[N+](=O)[O-]. The zero-order valence-electron chi connectivity index (χ0n) is 12.5. The van der Waals surface area contributed by atoms with Crippen LogP contribution < -0.4 is 16.2 Å². The van der Waals surface area contributed by atoms with Gasteiger partial charge >= 0.3 is 5.69 Å². The maximum Gasteiger partial charge on any atom is 0.316 e. The van der Waals surface area contributed by atoms with Gasteiger partial charge in [-0.05, 0) is 18.6 Å². The van der Waals surface area contributed by atoms with E-state index in [2.05, 4.69) is 5.43 Å². The summed E-state index contributed by atoms with van der Waals surface area (Å²) in [4.78, 5) is 25.9. The summed E-state index contributed by atoms with van der Waals surface area (Å²) in [5.74, 6) is 5.21. The van der Waals surface area contributed by atoms with Crippen molar-refractivity contribution in [3.63, 3.8) is 0 Å². The Morgan fingerprint density at radius 2 is 2.10 bits per heavy atom. The van der Waals surface area contributed by atoms with E-state index in [1.54, 1.807) is 31.1 Å². The minimum atomic E-state index is -0.493. The maximum atomic E-state index is 11.9. The van der Waals surface area contributed by atoms with Crippen LogP contribution in [0.3, 0.4) is 0 Å². The number of para-hydroxylation sites is 1. The second-order valence-corrected chi connectivity index (χ2v) is 4.78. The predicted octanol–water partition coefficient (Wildman–Crippen LogP) is 1.19. The van der Waals surface area contributed by atoms with E-state index in [0.717, 1.165) is 6.42 Å². The van der Waals surface area contributed by atoms with E-state index in [1.165, 1.54) is 11.0 Å². The number of nitrogens with one attached hydrogen (secondary N) is 1. The van der Waals surface area contributed by atoms with E-state index in [9.17, 15) is 14.9 Å². The third-order valence-electron chi connectivity index (χ3n) is 3.01. The molecular formula is C13H21N5O3. The van der Waals surface area contributed by atoms with Crippen molar-refractivity contribution in [2.45, 2.75) is 13.3 Å². The smallest absolute Gasteiger partial charge is 0.316 e. The first-order valence-electron chi connectivity index (χ1n) is 6.61. The molecule has 0 saturated carbocycles. The molecule has 0 fully saturated rings. The molecule has 0 aliphatic heterocycles. The Hall–Kier alpha value is -2.35. The van der Waals surface area contributed by atoms with Crippen molar-refractivity contribution in [3.05, 3.63) is 28.3 Å². The number of nitro benzene ring substituents is 1. The molecule has 0 heterocycles. The van der Waals surface area contributed by atoms with Crippen LogP contribution in [0, 0.1) is 10.1 Å². The van der Waals surface area contributed by atoms with Gasteiger partial charge in [0.2, 0.25) is 5.91 Å². The summed E-state index contributed by atoms with van der Waals surface area (Å²) in [6, 6.07) is 4.82. The molecular weight excluding hydrogens is 274 g/mol. The average molecular weight is 295 g/mol. The van der Waals surface area contributed by atoms with Gasteiger partial charge < -0.3 is 15.2 Å². The highest BCUT2D eigenvalue weighted by Crippen LogP contribution is 2.35. The lowest BCUT2D eigenvalue weighted by atomic mass is 10.2. The molecule has 0 saturated heterocycles. The van der Waals surface area contributed by atoms with Crippen molar-refractivity contribution >= 4 is 23.0 Å². The number of carbonyl (C=O) groups excluding carboxylic acids is 1. The second-order valence-electron chi connectivity index (χ2n) is 4.78. The van der Waals surface area contributed by atoms with Gasteiger partial charge in [0.25, 0.3) is 0 Å². The van der Waals surface area contributed by atoms with Crippen molar-refractivity contribution in [1.29, 1.82) is 0 Å². The molecule has 0 atom stereocenters. The first-order chi connectivity index (χ1) is 9.92. The summed E-state index contributed by atoms with van der Waals surface area (Å²) in [5.41, 5.74) is 2.80. The molecule has 3 N–H and O–H groups in total. The molecule has 0 bridgehead atoms. The number of hydrogen-bond donors (Lipinski definition) is 2. The van der Waals surface area contributed by atoms with Gasteiger partial charge in [-0.15, -0.1) is 0 Å². The molecule has 1 amide bonds. The van der Waals surface area contributed by atoms with Crippen LogP contribution in [0.5, 0.6) is 0 Å². The van der Waals surface area contributed by atoms with E-state index in [4.69, 9.17) is 5.84 Å². The number of likely N-dealkylation sites (N-methyl/N-ethyl adjacent to an activating group) is 1. The molecule has 0 aliphatic carbocycles. The number of hydrogen-bond acceptors (Lipinski definition) is 6. The molecule has 1 rings (SSSR count). The third-order valence-corrected chi connectivity index (χ3v) is 3.01. The molecule has 0 aliphatic rings. The molecule has 1 aromatic carbocycles. The third kappa shape index (κ3) is 4.06. The number of rotatable bonds is 7. The number of nitro groups is 1. The monoisotopic (exact) mass is 295 g/mol. The largest absolute Gasteiger partial charge is 0.357 e. The molecule has 116 valence electrons. The van der Waals surface area contributed by atoms with Gasteiger partial charge in [-0.25, -0.2) is 0 Å². The predicted molar refractivity (Wildman–Crippen MR) is 82.1 cm³/mol. The highest BCUT2D eigenvalue weighted by Gasteiger charge is 2.24. The molecule has 0 spiro atoms. The zero-order valence-corrected chi connectivity index (χ0v) is 12.5. The standard InChI is InChI=1S/C13H21N5O3/c1-4-8-17(9-12(19)16(2)3)11-7-5-6-10(15-14)13(11)18(20)21/h5-7,15H,4,8-9,14H2,1-3H3. The number of amides is 1. The van der Waals surface area contributed by atoms with Gasteiger partial charge in [0.15, 0.2) is 0 Å². The highest BCUT2D eigenvalue weighted by molar-refractivity contribution is 5.84. The summed E-state index contributed by atoms with van der Waals surface area (Å²) < 4.78 is 0. The number of anilines is 2. The molecule has 8 nitrogen and oxygen atoms in total. The molecule has 0 unspecified atom stereocenters. The molecule has 21 heavy (non-hydrogen) atoms. The van der Waals surface area contributed by atoms with Crippen LogP contribution in [0.4, 0.5) is 17.1 Å². The van der Waals surface area contributed by atoms with Crippen LogP contribution in [-0.4, -0.2) is 42.9 Å². The first kappa shape index (κ1) is 16.7. The summed E-state index contributed by atoms with van der Waals surface area (Å²) in [6.07, 6.45) is 0.762. The summed E-state index contributed by atoms with van der Waals surface area (Å²) in [6.45, 7) is 2.56. The van der Waals surface area contributed by atoms with Gasteiger partial charge in [-0.1, -0.05) is 13.0 Å². The first-order valence-corrected chi connectivity index (χ1v) is 6.61. The number of carbonyl (C=O) groups is 1. The Bertz CT molecular complexity index is 519. The van der Waals surface area contributed by atoms with Gasteiger partial charge in [-0.3, -0.25) is 20.8 Å². The number of hydrazine groups is 1. The fourth-order valence-electron chi connectivity index (χ4n) is 1.95. The Kier molecular flexibility index (Phi) is 5.92. The van der Waals surface area contributed by atoms with E-state index in [1.807, 2.05) is 6.92 Å². The fourth-order valence-corrected chi connectivity index (χ4v) is 1.95. The van der Waals surface area contributed by atoms with Gasteiger partial charge in [0.05, 0.1) is 11.5 Å². The van der Waals surface area contributed by atoms with E-state index < -0.39 is 4.92 Å². The Labute approximate surface area is 123 Å². The van der Waals surface area contributed by atoms with Crippen LogP contribution in [-0.2, 0) is 4.79 Å². The summed E-state index contributed by atoms with van der Waals surface area (Å²) in [7, 11) is 3.30.